The molecule has 0 aliphatic rings. The first kappa shape index (κ1) is 20.1. The summed E-state index contributed by atoms with van der Waals surface area (Å²) in [4.78, 5) is 0. The standard InChI is InChI=1S/C22H38O/c1-3-4-5-6-7-8-9-10-11-12-13-14-16-20(2)21-17-15-18-22(23)19-21/h15,17-20,23H,3-14,16H2,1-2H3. The van der Waals surface area contributed by atoms with Gasteiger partial charge in [-0.05, 0) is 30.0 Å². The number of hydrogen-bond acceptors (Lipinski definition) is 1. The number of aromatic hydroxyl groups is 1. The lowest BCUT2D eigenvalue weighted by molar-refractivity contribution is 0.473. The van der Waals surface area contributed by atoms with Gasteiger partial charge in [0.15, 0.2) is 0 Å². The van der Waals surface area contributed by atoms with E-state index in [1.54, 1.807) is 6.07 Å². The summed E-state index contributed by atoms with van der Waals surface area (Å²) in [6.45, 7) is 4.55. The monoisotopic (exact) mass is 318 g/mol. The minimum atomic E-state index is 0.393. The molecule has 23 heavy (non-hydrogen) atoms. The van der Waals surface area contributed by atoms with E-state index in [1.807, 2.05) is 12.1 Å². The molecule has 0 bridgehead atoms. The molecule has 1 heteroatoms. The number of hydrogen-bond donors (Lipinski definition) is 1. The topological polar surface area (TPSA) is 20.2 Å². The minimum absolute atomic E-state index is 0.393. The van der Waals surface area contributed by atoms with Gasteiger partial charge in [-0.25, -0.2) is 0 Å². The summed E-state index contributed by atoms with van der Waals surface area (Å²) in [7, 11) is 0. The molecule has 1 N–H and O–H groups in total. The third-order valence-electron chi connectivity index (χ3n) is 4.93. The Morgan fingerprint density at radius 1 is 0.783 bits per heavy atom. The number of unbranched alkanes of at least 4 members (excludes halogenated alkanes) is 11. The zero-order chi connectivity index (χ0) is 16.8. The van der Waals surface area contributed by atoms with Crippen molar-refractivity contribution >= 4 is 0 Å². The second kappa shape index (κ2) is 13.5. The van der Waals surface area contributed by atoms with Crippen molar-refractivity contribution < 1.29 is 5.11 Å². The van der Waals surface area contributed by atoms with E-state index in [0.717, 1.165) is 0 Å². The molecular formula is C22H38O. The minimum Gasteiger partial charge on any atom is -0.508 e. The lowest BCUT2D eigenvalue weighted by Gasteiger charge is -2.12. The van der Waals surface area contributed by atoms with Gasteiger partial charge >= 0.3 is 0 Å². The highest BCUT2D eigenvalue weighted by Gasteiger charge is 2.05. The van der Waals surface area contributed by atoms with Crippen LogP contribution in [0, 0.1) is 0 Å². The van der Waals surface area contributed by atoms with Crippen molar-refractivity contribution in [2.24, 2.45) is 0 Å². The van der Waals surface area contributed by atoms with Gasteiger partial charge in [0, 0.05) is 0 Å². The predicted octanol–water partition coefficient (Wildman–Crippen LogP) is 7.59. The molecule has 1 unspecified atom stereocenters. The van der Waals surface area contributed by atoms with Crippen molar-refractivity contribution in [2.45, 2.75) is 103 Å². The second-order valence-electron chi connectivity index (χ2n) is 7.17. The number of rotatable bonds is 14. The SMILES string of the molecule is CCCCCCCCCCCCCCC(C)c1cccc(O)c1. The summed E-state index contributed by atoms with van der Waals surface area (Å²) < 4.78 is 0. The molecule has 1 atom stereocenters. The summed E-state index contributed by atoms with van der Waals surface area (Å²) in [6.07, 6.45) is 18.1. The van der Waals surface area contributed by atoms with E-state index in [9.17, 15) is 5.11 Å². The highest BCUT2D eigenvalue weighted by Crippen LogP contribution is 2.25. The molecule has 132 valence electrons. The fraction of sp³-hybridized carbons (Fsp3) is 0.727. The summed E-state index contributed by atoms with van der Waals surface area (Å²) in [6, 6.07) is 7.74. The number of phenolic OH excluding ortho intramolecular Hbond substituents is 1. The van der Waals surface area contributed by atoms with E-state index in [-0.39, 0.29) is 0 Å². The van der Waals surface area contributed by atoms with E-state index in [0.29, 0.717) is 11.7 Å². The smallest absolute Gasteiger partial charge is 0.115 e. The van der Waals surface area contributed by atoms with Crippen molar-refractivity contribution in [2.75, 3.05) is 0 Å². The molecule has 0 spiro atoms. The Bertz CT molecular complexity index is 385. The van der Waals surface area contributed by atoms with Gasteiger partial charge in [0.2, 0.25) is 0 Å². The van der Waals surface area contributed by atoms with Crippen LogP contribution in [-0.2, 0) is 0 Å². The molecule has 1 aromatic carbocycles. The van der Waals surface area contributed by atoms with Gasteiger partial charge in [-0.15, -0.1) is 0 Å². The largest absolute Gasteiger partial charge is 0.508 e. The van der Waals surface area contributed by atoms with Crippen LogP contribution in [0.15, 0.2) is 24.3 Å². The van der Waals surface area contributed by atoms with Crippen molar-refractivity contribution in [1.29, 1.82) is 0 Å². The van der Waals surface area contributed by atoms with Crippen LogP contribution < -0.4 is 0 Å². The maximum Gasteiger partial charge on any atom is 0.115 e. The normalized spacial score (nSPS) is 12.4. The van der Waals surface area contributed by atoms with Crippen LogP contribution in [0.5, 0.6) is 5.75 Å². The van der Waals surface area contributed by atoms with Crippen LogP contribution in [0.2, 0.25) is 0 Å². The Hall–Kier alpha value is -0.980. The lowest BCUT2D eigenvalue weighted by Crippen LogP contribution is -1.93. The molecule has 0 aliphatic carbocycles. The van der Waals surface area contributed by atoms with Gasteiger partial charge in [-0.1, -0.05) is 103 Å². The average molecular weight is 319 g/mol. The quantitative estimate of drug-likeness (QED) is 0.350. The summed E-state index contributed by atoms with van der Waals surface area (Å²) in [5, 5.41) is 9.53. The highest BCUT2D eigenvalue weighted by molar-refractivity contribution is 5.29. The molecule has 0 aromatic heterocycles. The summed E-state index contributed by atoms with van der Waals surface area (Å²) in [5.41, 5.74) is 1.27. The summed E-state index contributed by atoms with van der Waals surface area (Å²) in [5.74, 6) is 0.953. The molecule has 0 heterocycles. The van der Waals surface area contributed by atoms with Gasteiger partial charge < -0.3 is 5.11 Å². The zero-order valence-electron chi connectivity index (χ0n) is 15.5. The predicted molar refractivity (Wildman–Crippen MR) is 102 cm³/mol. The average Bonchev–Trinajstić information content (AvgIpc) is 2.55. The third kappa shape index (κ3) is 10.4. The zero-order valence-corrected chi connectivity index (χ0v) is 15.5. The van der Waals surface area contributed by atoms with E-state index >= 15 is 0 Å². The fourth-order valence-corrected chi connectivity index (χ4v) is 3.29. The highest BCUT2D eigenvalue weighted by atomic mass is 16.3. The van der Waals surface area contributed by atoms with Crippen LogP contribution >= 0.6 is 0 Å². The fourth-order valence-electron chi connectivity index (χ4n) is 3.29. The Balaban J connectivity index is 1.90. The molecule has 1 rings (SSSR count). The van der Waals surface area contributed by atoms with Crippen LogP contribution in [0.3, 0.4) is 0 Å². The van der Waals surface area contributed by atoms with Crippen molar-refractivity contribution in [3.8, 4) is 5.75 Å². The first-order chi connectivity index (χ1) is 11.2. The maximum absolute atomic E-state index is 9.53. The molecule has 0 saturated heterocycles. The maximum atomic E-state index is 9.53. The van der Waals surface area contributed by atoms with Crippen LogP contribution in [0.1, 0.15) is 109 Å². The number of phenols is 1. The van der Waals surface area contributed by atoms with Gasteiger partial charge in [0.05, 0.1) is 0 Å². The van der Waals surface area contributed by atoms with Crippen LogP contribution in [-0.4, -0.2) is 5.11 Å². The number of benzene rings is 1. The van der Waals surface area contributed by atoms with Crippen molar-refractivity contribution in [3.05, 3.63) is 29.8 Å². The Labute approximate surface area is 144 Å². The lowest BCUT2D eigenvalue weighted by atomic mass is 9.94. The molecular weight excluding hydrogens is 280 g/mol. The van der Waals surface area contributed by atoms with E-state index in [2.05, 4.69) is 19.9 Å². The molecule has 1 aromatic rings. The van der Waals surface area contributed by atoms with Gasteiger partial charge in [0.1, 0.15) is 5.75 Å². The molecule has 1 nitrogen and oxygen atoms in total. The van der Waals surface area contributed by atoms with Crippen molar-refractivity contribution in [3.63, 3.8) is 0 Å². The molecule has 0 aliphatic heterocycles. The molecule has 0 radical (unpaired) electrons. The Kier molecular flexibility index (Phi) is 11.7. The van der Waals surface area contributed by atoms with E-state index in [1.165, 1.54) is 89.0 Å². The molecule has 0 fully saturated rings. The Morgan fingerprint density at radius 3 is 1.83 bits per heavy atom. The van der Waals surface area contributed by atoms with Gasteiger partial charge in [0.25, 0.3) is 0 Å². The van der Waals surface area contributed by atoms with Gasteiger partial charge in [-0.3, -0.25) is 0 Å². The second-order valence-corrected chi connectivity index (χ2v) is 7.17. The Morgan fingerprint density at radius 2 is 1.30 bits per heavy atom. The van der Waals surface area contributed by atoms with Crippen molar-refractivity contribution in [1.82, 2.24) is 0 Å². The summed E-state index contributed by atoms with van der Waals surface area (Å²) >= 11 is 0. The molecule has 0 saturated carbocycles. The van der Waals surface area contributed by atoms with E-state index < -0.39 is 0 Å². The van der Waals surface area contributed by atoms with Crippen LogP contribution in [0.25, 0.3) is 0 Å². The third-order valence-corrected chi connectivity index (χ3v) is 4.93. The molecule has 0 amide bonds. The van der Waals surface area contributed by atoms with E-state index in [4.69, 9.17) is 0 Å². The van der Waals surface area contributed by atoms with Crippen LogP contribution in [0.4, 0.5) is 0 Å². The van der Waals surface area contributed by atoms with Gasteiger partial charge in [-0.2, -0.15) is 0 Å². The first-order valence-corrected chi connectivity index (χ1v) is 10.0. The first-order valence-electron chi connectivity index (χ1n) is 10.0.